The maximum atomic E-state index is 12.5. The summed E-state index contributed by atoms with van der Waals surface area (Å²) in [6.45, 7) is 2.35. The second-order valence-corrected chi connectivity index (χ2v) is 6.52. The Hall–Kier alpha value is -4.19. The molecule has 0 bridgehead atoms. The number of hydrogen-bond acceptors (Lipinski definition) is 4. The van der Waals surface area contributed by atoms with Crippen molar-refractivity contribution in [2.24, 2.45) is 0 Å². The molecule has 0 aliphatic carbocycles. The van der Waals surface area contributed by atoms with Crippen molar-refractivity contribution in [1.29, 1.82) is 0 Å². The summed E-state index contributed by atoms with van der Waals surface area (Å²) in [5.74, 6) is -1.10. The first-order chi connectivity index (χ1) is 13.6. The quantitative estimate of drug-likeness (QED) is 0.354. The summed E-state index contributed by atoms with van der Waals surface area (Å²) >= 11 is 0. The van der Waals surface area contributed by atoms with E-state index < -0.39 is 12.0 Å². The minimum Gasteiger partial charge on any atom is -0.520 e. The van der Waals surface area contributed by atoms with Gasteiger partial charge in [0, 0.05) is 25.1 Å². The number of rotatable bonds is 7. The van der Waals surface area contributed by atoms with E-state index >= 15 is 0 Å². The van der Waals surface area contributed by atoms with Gasteiger partial charge in [0.25, 0.3) is 5.91 Å². The van der Waals surface area contributed by atoms with Crippen LogP contribution >= 0.6 is 0 Å². The van der Waals surface area contributed by atoms with Crippen molar-refractivity contribution in [3.63, 3.8) is 0 Å². The van der Waals surface area contributed by atoms with Crippen LogP contribution in [-0.4, -0.2) is 60.6 Å². The van der Waals surface area contributed by atoms with E-state index in [4.69, 9.17) is 9.84 Å². The van der Waals surface area contributed by atoms with Crippen LogP contribution in [0.25, 0.3) is 11.1 Å². The summed E-state index contributed by atoms with van der Waals surface area (Å²) in [6.07, 6.45) is 1.60. The second kappa shape index (κ2) is 9.66. The number of ether oxygens (including phenoxy) is 1. The van der Waals surface area contributed by atoms with Crippen molar-refractivity contribution >= 4 is 18.3 Å². The van der Waals surface area contributed by atoms with Gasteiger partial charge in [-0.15, -0.1) is 0 Å². The number of benzene rings is 2. The van der Waals surface area contributed by atoms with Gasteiger partial charge in [-0.3, -0.25) is 9.59 Å². The van der Waals surface area contributed by atoms with Crippen molar-refractivity contribution in [2.75, 3.05) is 26.3 Å². The monoisotopic (exact) mass is 638 g/mol. The molecule has 2 aromatic carbocycles. The molecule has 3 rings (SSSR count). The number of amides is 2. The second-order valence-electron chi connectivity index (χ2n) is 6.52. The zero-order valence-corrected chi connectivity index (χ0v) is 18.0. The zero-order chi connectivity index (χ0) is 19.9. The molecule has 0 aromatic heterocycles. The molecule has 2 N–H and O–H groups in total. The molecule has 0 saturated carbocycles. The third-order valence-electron chi connectivity index (χ3n) is 4.69. The van der Waals surface area contributed by atoms with Crippen molar-refractivity contribution in [3.8, 4) is 11.1 Å². The van der Waals surface area contributed by atoms with E-state index in [1.807, 2.05) is 48.5 Å². The summed E-state index contributed by atoms with van der Waals surface area (Å²) in [7, 11) is 0. The first-order valence-electron chi connectivity index (χ1n) is 9.00. The molecule has 2 amide bonds. The van der Waals surface area contributed by atoms with Crippen LogP contribution in [0.4, 0.5) is 0 Å². The number of nitrogens with zero attached hydrogens (tertiary/aromatic N) is 1. The van der Waals surface area contributed by atoms with Crippen molar-refractivity contribution in [1.82, 2.24) is 10.2 Å². The molecule has 7 nitrogen and oxygen atoms in total. The number of nitrogens with one attached hydrogen (secondary N) is 1. The number of hydrogen-bond donors (Lipinski definition) is 2. The number of carboxylic acid groups (broad SMARTS) is 1. The van der Waals surface area contributed by atoms with Gasteiger partial charge in [0.1, 0.15) is 6.04 Å². The molecule has 1 fully saturated rings. The van der Waals surface area contributed by atoms with Gasteiger partial charge in [0.15, 0.2) is 0 Å². The predicted molar refractivity (Wildman–Crippen MR) is 103 cm³/mol. The Bertz CT molecular complexity index is 833. The molecular formula is C21H21FmN2O5-. The van der Waals surface area contributed by atoms with Crippen LogP contribution in [0.5, 0.6) is 0 Å². The predicted octanol–water partition coefficient (Wildman–Crippen LogP) is 1.48. The Morgan fingerprint density at radius 2 is 1.59 bits per heavy atom. The van der Waals surface area contributed by atoms with Gasteiger partial charge in [-0.2, -0.15) is 6.41 Å². The molecule has 1 aliphatic rings. The smallest absolute Gasteiger partial charge is 0.323 e. The topological polar surface area (TPSA) is 95.9 Å². The molecule has 1 aliphatic heterocycles. The number of aliphatic carboxylic acids is 1. The maximum absolute atomic E-state index is 12.5. The summed E-state index contributed by atoms with van der Waals surface area (Å²) in [5, 5.41) is 11.3. The molecule has 1 heterocycles. The van der Waals surface area contributed by atoms with Crippen molar-refractivity contribution < 1.29 is 24.2 Å². The Balaban J connectivity index is 0.00000300. The van der Waals surface area contributed by atoms with Crippen LogP contribution in [0.3, 0.4) is 0 Å². The van der Waals surface area contributed by atoms with Crippen LogP contribution in [0, 0.1) is 0 Å². The zero-order valence-electron chi connectivity index (χ0n) is 15.5. The fourth-order valence-corrected chi connectivity index (χ4v) is 3.09. The summed E-state index contributed by atoms with van der Waals surface area (Å²) in [4.78, 5) is 35.8. The maximum Gasteiger partial charge on any atom is 0.323 e. The van der Waals surface area contributed by atoms with Gasteiger partial charge in [0.05, 0.1) is 13.2 Å². The fourth-order valence-electron chi connectivity index (χ4n) is 3.09. The van der Waals surface area contributed by atoms with Crippen LogP contribution in [0.15, 0.2) is 48.5 Å². The minimum atomic E-state index is -1.10. The molecule has 0 radical (unpaired) electrons. The molecule has 1 atom stereocenters. The van der Waals surface area contributed by atoms with Crippen LogP contribution < -0.4 is 5.32 Å². The van der Waals surface area contributed by atoms with E-state index in [0.717, 1.165) is 16.7 Å². The van der Waals surface area contributed by atoms with E-state index in [1.165, 1.54) is 6.41 Å². The standard InChI is InChI=1S/C21H21N2O5.Fm/c24-14-22-19(21(26)27)13-15-1-3-16(4-2-15)17-5-7-18(8-6-17)20(25)23-9-11-28-12-10-23;/h1-8,19H,9-13H2,(H,22,24)(H,26,27);/q-1;/t19-;/m0./s1. The van der Waals surface area contributed by atoms with E-state index in [1.54, 1.807) is 4.90 Å². The first-order valence-corrected chi connectivity index (χ1v) is 9.00. The third kappa shape index (κ3) is 5.17. The number of carbonyl (C=O) groups excluding carboxylic acids is 2. The average molecular weight is 638 g/mol. The van der Waals surface area contributed by atoms with E-state index in [0.29, 0.717) is 31.9 Å². The fraction of sp³-hybridized carbons (Fsp3) is 0.286. The van der Waals surface area contributed by atoms with Crippen LogP contribution in [-0.2, 0) is 20.7 Å². The van der Waals surface area contributed by atoms with Gasteiger partial charge in [-0.05, 0) is 28.8 Å². The molecule has 0 unspecified atom stereocenters. The third-order valence-corrected chi connectivity index (χ3v) is 4.69. The van der Waals surface area contributed by atoms with E-state index in [-0.39, 0.29) is 12.3 Å². The molecule has 29 heavy (non-hydrogen) atoms. The molecule has 0 spiro atoms. The van der Waals surface area contributed by atoms with Crippen molar-refractivity contribution in [2.45, 2.75) is 12.5 Å². The van der Waals surface area contributed by atoms with Gasteiger partial charge in [-0.1, -0.05) is 36.4 Å². The van der Waals surface area contributed by atoms with E-state index in [9.17, 15) is 14.4 Å². The van der Waals surface area contributed by atoms with Crippen molar-refractivity contribution in [3.05, 3.63) is 59.7 Å². The molecule has 158 valence electrons. The van der Waals surface area contributed by atoms with E-state index in [2.05, 4.69) is 5.32 Å². The number of carboxylic acids is 1. The van der Waals surface area contributed by atoms with Gasteiger partial charge >= 0.3 is 5.97 Å². The average Bonchev–Trinajstić information content (AvgIpc) is 2.74. The largest absolute Gasteiger partial charge is 0.520 e. The summed E-state index contributed by atoms with van der Waals surface area (Å²) in [6, 6.07) is 13.8. The normalized spacial score (nSPS) is 14.4. The number of carbonyl (C=O) groups is 2. The molecular weight excluding hydrogens is 617 g/mol. The van der Waals surface area contributed by atoms with Crippen LogP contribution in [0.1, 0.15) is 15.9 Å². The van der Waals surface area contributed by atoms with Gasteiger partial charge in [0.2, 0.25) is 0 Å². The molecule has 8 heteroatoms. The van der Waals surface area contributed by atoms with Crippen LogP contribution in [0.2, 0.25) is 0 Å². The Kier molecular flexibility index (Phi) is 7.03. The summed E-state index contributed by atoms with van der Waals surface area (Å²) < 4.78 is 5.27. The minimum absolute atomic E-state index is 0. The Labute approximate surface area is 162 Å². The Morgan fingerprint density at radius 3 is 2.10 bits per heavy atom. The SMILES string of the molecule is O=[C-]N[C@@H](Cc1ccc(-c2ccc(C(=O)N3CCOCC3)cc2)cc1)C(=O)O.[Fm]. The van der Waals surface area contributed by atoms with Gasteiger partial charge in [-0.25, -0.2) is 0 Å². The first kappa shape index (κ1) is 21.1. The molecule has 1 saturated heterocycles. The number of morpholine rings is 1. The van der Waals surface area contributed by atoms with Gasteiger partial charge < -0.3 is 24.9 Å². The molecule has 2 aromatic rings. The summed E-state index contributed by atoms with van der Waals surface area (Å²) in [5.41, 5.74) is 3.34. The Morgan fingerprint density at radius 1 is 1.03 bits per heavy atom.